The van der Waals surface area contributed by atoms with Gasteiger partial charge in [0.05, 0.1) is 26.0 Å². The van der Waals surface area contributed by atoms with Crippen molar-refractivity contribution in [2.45, 2.75) is 13.8 Å². The zero-order valence-corrected chi connectivity index (χ0v) is 15.6. The highest BCUT2D eigenvalue weighted by Gasteiger charge is 2.16. The number of benzene rings is 2. The molecule has 0 N–H and O–H groups in total. The molecule has 0 unspecified atom stereocenters. The van der Waals surface area contributed by atoms with Crippen LogP contribution in [0.3, 0.4) is 0 Å². The Bertz CT molecular complexity index is 1260. The first kappa shape index (κ1) is 19.6. The molecule has 0 aliphatic rings. The van der Waals surface area contributed by atoms with Crippen molar-refractivity contribution in [3.8, 4) is 0 Å². The fourth-order valence-corrected chi connectivity index (χ4v) is 3.09. The predicted octanol–water partition coefficient (Wildman–Crippen LogP) is 4.14. The van der Waals surface area contributed by atoms with Crippen molar-refractivity contribution >= 4 is 32.9 Å². The van der Waals surface area contributed by atoms with Crippen molar-refractivity contribution in [3.05, 3.63) is 97.7 Å². The molecular weight excluding hydrogens is 376 g/mol. The van der Waals surface area contributed by atoms with Gasteiger partial charge in [0.1, 0.15) is 0 Å². The topological polar surface area (TPSA) is 126 Å². The number of aromatic nitrogens is 2. The molecule has 146 valence electrons. The van der Waals surface area contributed by atoms with E-state index >= 15 is 0 Å². The summed E-state index contributed by atoms with van der Waals surface area (Å²) in [6.07, 6.45) is 5.77. The molecule has 0 saturated carbocycles. The van der Waals surface area contributed by atoms with Gasteiger partial charge in [0.25, 0.3) is 11.4 Å². The van der Waals surface area contributed by atoms with E-state index in [0.29, 0.717) is 32.0 Å². The van der Waals surface area contributed by atoms with Crippen molar-refractivity contribution in [2.24, 2.45) is 0 Å². The van der Waals surface area contributed by atoms with Crippen LogP contribution in [0.25, 0.3) is 21.5 Å². The van der Waals surface area contributed by atoms with Gasteiger partial charge in [-0.1, -0.05) is 18.2 Å². The molecule has 0 bridgehead atoms. The average molecular weight is 392 g/mol. The molecule has 0 fully saturated rings. The Hall–Kier alpha value is -4.14. The summed E-state index contributed by atoms with van der Waals surface area (Å²) in [7, 11) is 0. The first-order valence-corrected chi connectivity index (χ1v) is 8.54. The van der Waals surface area contributed by atoms with Gasteiger partial charge < -0.3 is 5.21 Å². The average Bonchev–Trinajstić information content (AvgIpc) is 2.67. The van der Waals surface area contributed by atoms with E-state index in [-0.39, 0.29) is 16.3 Å². The Balaban J connectivity index is 0.000000166. The second-order valence-corrected chi connectivity index (χ2v) is 6.38. The second kappa shape index (κ2) is 7.85. The minimum Gasteiger partial charge on any atom is -0.619 e. The van der Waals surface area contributed by atoms with Crippen LogP contribution in [0.5, 0.6) is 0 Å². The first-order chi connectivity index (χ1) is 13.8. The van der Waals surface area contributed by atoms with E-state index in [1.807, 2.05) is 6.07 Å². The maximum atomic E-state index is 11.0. The van der Waals surface area contributed by atoms with Gasteiger partial charge in [-0.25, -0.2) is 0 Å². The molecule has 4 aromatic rings. The zero-order valence-electron chi connectivity index (χ0n) is 15.6. The van der Waals surface area contributed by atoms with Crippen molar-refractivity contribution in [1.82, 2.24) is 4.98 Å². The Labute approximate surface area is 164 Å². The monoisotopic (exact) mass is 392 g/mol. The van der Waals surface area contributed by atoms with E-state index in [9.17, 15) is 25.4 Å². The highest BCUT2D eigenvalue weighted by Crippen LogP contribution is 2.28. The number of hydrogen-bond acceptors (Lipinski definition) is 6. The lowest BCUT2D eigenvalue weighted by Gasteiger charge is -2.02. The number of nitro groups is 2. The van der Waals surface area contributed by atoms with Crippen LogP contribution in [-0.2, 0) is 0 Å². The number of nitrogens with zero attached hydrogens (tertiary/aromatic N) is 4. The van der Waals surface area contributed by atoms with Gasteiger partial charge in [-0.3, -0.25) is 25.2 Å². The number of hydrogen-bond donors (Lipinski definition) is 0. The van der Waals surface area contributed by atoms with Gasteiger partial charge in [-0.05, 0) is 26.0 Å². The number of rotatable bonds is 2. The lowest BCUT2D eigenvalue weighted by molar-refractivity contribution is -0.603. The molecule has 29 heavy (non-hydrogen) atoms. The minimum atomic E-state index is -0.424. The zero-order chi connectivity index (χ0) is 21.1. The van der Waals surface area contributed by atoms with Crippen molar-refractivity contribution in [3.63, 3.8) is 0 Å². The number of nitro benzene ring substituents is 2. The summed E-state index contributed by atoms with van der Waals surface area (Å²) < 4.78 is 0.626. The Morgan fingerprint density at radius 3 is 1.97 bits per heavy atom. The molecule has 0 atom stereocenters. The summed E-state index contributed by atoms with van der Waals surface area (Å²) in [6.45, 7) is 3.41. The molecule has 0 spiro atoms. The van der Waals surface area contributed by atoms with Gasteiger partial charge in [0.15, 0.2) is 12.4 Å². The van der Waals surface area contributed by atoms with Crippen LogP contribution >= 0.6 is 0 Å². The van der Waals surface area contributed by atoms with Crippen LogP contribution in [0.15, 0.2) is 61.2 Å². The highest BCUT2D eigenvalue weighted by atomic mass is 16.6. The lowest BCUT2D eigenvalue weighted by atomic mass is 10.1. The summed E-state index contributed by atoms with van der Waals surface area (Å²) in [6, 6.07) is 10.0. The van der Waals surface area contributed by atoms with E-state index in [2.05, 4.69) is 4.98 Å². The predicted molar refractivity (Wildman–Crippen MR) is 107 cm³/mol. The van der Waals surface area contributed by atoms with Gasteiger partial charge in [0.2, 0.25) is 0 Å². The molecule has 0 aliphatic carbocycles. The van der Waals surface area contributed by atoms with Crippen LogP contribution in [0.4, 0.5) is 11.4 Å². The standard InChI is InChI=1S/C10H8N2O3.C10H8N2O2/c1-7-2-3-8-6-11(13)5-4-9(8)10(7)12(14)15;1-7-2-3-8-6-11-5-4-9(8)10(7)12(13)14/h2-6H,1H3;2-6H,1H3. The molecule has 9 heteroatoms. The smallest absolute Gasteiger partial charge is 0.280 e. The Morgan fingerprint density at radius 1 is 0.828 bits per heavy atom. The van der Waals surface area contributed by atoms with E-state index in [4.69, 9.17) is 0 Å². The molecule has 0 amide bonds. The van der Waals surface area contributed by atoms with Crippen LogP contribution < -0.4 is 4.73 Å². The maximum absolute atomic E-state index is 11.0. The summed E-state index contributed by atoms with van der Waals surface area (Å²) in [5, 5.41) is 35.2. The summed E-state index contributed by atoms with van der Waals surface area (Å²) >= 11 is 0. The molecule has 0 saturated heterocycles. The van der Waals surface area contributed by atoms with E-state index in [1.165, 1.54) is 18.5 Å². The minimum absolute atomic E-state index is 0.0631. The third-order valence-corrected chi connectivity index (χ3v) is 4.47. The van der Waals surface area contributed by atoms with Gasteiger partial charge in [-0.2, -0.15) is 4.73 Å². The maximum Gasteiger partial charge on any atom is 0.280 e. The van der Waals surface area contributed by atoms with Crippen LogP contribution in [0.2, 0.25) is 0 Å². The quantitative estimate of drug-likeness (QED) is 0.218. The third-order valence-electron chi connectivity index (χ3n) is 4.47. The normalized spacial score (nSPS) is 10.4. The second-order valence-electron chi connectivity index (χ2n) is 6.38. The number of pyridine rings is 2. The van der Waals surface area contributed by atoms with E-state index in [0.717, 1.165) is 5.39 Å². The van der Waals surface area contributed by atoms with Crippen molar-refractivity contribution in [2.75, 3.05) is 0 Å². The molecular formula is C20H16N4O5. The summed E-state index contributed by atoms with van der Waals surface area (Å²) in [5.41, 5.74) is 1.50. The number of fused-ring (bicyclic) bond motifs is 2. The fourth-order valence-electron chi connectivity index (χ4n) is 3.09. The highest BCUT2D eigenvalue weighted by molar-refractivity contribution is 5.91. The van der Waals surface area contributed by atoms with Crippen molar-refractivity contribution < 1.29 is 14.6 Å². The molecule has 0 radical (unpaired) electrons. The largest absolute Gasteiger partial charge is 0.619 e. The van der Waals surface area contributed by atoms with Crippen LogP contribution in [0.1, 0.15) is 11.1 Å². The molecule has 4 rings (SSSR count). The van der Waals surface area contributed by atoms with Gasteiger partial charge in [0, 0.05) is 35.0 Å². The molecule has 0 aliphatic heterocycles. The number of aryl methyl sites for hydroxylation is 2. The summed E-state index contributed by atoms with van der Waals surface area (Å²) in [4.78, 5) is 24.8. The first-order valence-electron chi connectivity index (χ1n) is 8.54. The SMILES string of the molecule is Cc1ccc2c[n+]([O-])ccc2c1[N+](=O)[O-].Cc1ccc2cnccc2c1[N+](=O)[O-]. The molecule has 9 nitrogen and oxygen atoms in total. The van der Waals surface area contributed by atoms with E-state index in [1.54, 1.807) is 50.5 Å². The van der Waals surface area contributed by atoms with Crippen LogP contribution in [0, 0.1) is 39.3 Å². The Morgan fingerprint density at radius 2 is 1.38 bits per heavy atom. The Kier molecular flexibility index (Phi) is 5.31. The fraction of sp³-hybridized carbons (Fsp3) is 0.100. The molecule has 2 aromatic carbocycles. The third kappa shape index (κ3) is 3.93. The molecule has 2 aromatic heterocycles. The van der Waals surface area contributed by atoms with Gasteiger partial charge >= 0.3 is 0 Å². The van der Waals surface area contributed by atoms with Crippen molar-refractivity contribution in [1.29, 1.82) is 0 Å². The summed E-state index contributed by atoms with van der Waals surface area (Å²) in [5.74, 6) is 0. The lowest BCUT2D eigenvalue weighted by Crippen LogP contribution is -2.23. The van der Waals surface area contributed by atoms with E-state index < -0.39 is 4.92 Å². The molecule has 2 heterocycles. The van der Waals surface area contributed by atoms with Crippen LogP contribution in [-0.4, -0.2) is 14.8 Å². The van der Waals surface area contributed by atoms with Gasteiger partial charge in [-0.15, -0.1) is 0 Å².